The van der Waals surface area contributed by atoms with Crippen LogP contribution in [0.1, 0.15) is 17.5 Å². The average Bonchev–Trinajstić information content (AvgIpc) is 2.46. The van der Waals surface area contributed by atoms with E-state index in [1.54, 1.807) is 18.2 Å². The number of ether oxygens (including phenoxy) is 1. The number of halogens is 2. The lowest BCUT2D eigenvalue weighted by Gasteiger charge is -2.16. The van der Waals surface area contributed by atoms with Gasteiger partial charge in [0.2, 0.25) is 0 Å². The zero-order valence-corrected chi connectivity index (χ0v) is 12.4. The number of alkyl halides is 2. The summed E-state index contributed by atoms with van der Waals surface area (Å²) in [5.41, 5.74) is 1.84. The summed E-state index contributed by atoms with van der Waals surface area (Å²) in [6.07, 6.45) is 0.229. The van der Waals surface area contributed by atoms with E-state index in [2.05, 4.69) is 0 Å². The number of carbonyl (C=O) groups is 1. The van der Waals surface area contributed by atoms with Crippen molar-refractivity contribution in [2.75, 3.05) is 0 Å². The smallest absolute Gasteiger partial charge is 0.365 e. The summed E-state index contributed by atoms with van der Waals surface area (Å²) >= 11 is 5.69. The highest BCUT2D eigenvalue weighted by Crippen LogP contribution is 2.27. The van der Waals surface area contributed by atoms with Crippen molar-refractivity contribution in [1.82, 2.24) is 0 Å². The van der Waals surface area contributed by atoms with E-state index >= 15 is 0 Å². The molecule has 2 aromatic rings. The van der Waals surface area contributed by atoms with Gasteiger partial charge in [0, 0.05) is 6.42 Å². The SMILES string of the molecule is Cc1cccc(OC(=O)C(F)(Cl)CCc2ccccc2)c1. The summed E-state index contributed by atoms with van der Waals surface area (Å²) in [6, 6.07) is 16.1. The Kier molecular flexibility index (Phi) is 4.97. The standard InChI is InChI=1S/C17H16ClFO2/c1-13-6-5-9-15(12-13)21-16(20)17(18,19)11-10-14-7-3-2-4-8-14/h2-9,12H,10-11H2,1H3. The van der Waals surface area contributed by atoms with Gasteiger partial charge in [0.05, 0.1) is 0 Å². The van der Waals surface area contributed by atoms with Gasteiger partial charge in [-0.3, -0.25) is 0 Å². The zero-order valence-electron chi connectivity index (χ0n) is 11.7. The van der Waals surface area contributed by atoms with Gasteiger partial charge < -0.3 is 4.74 Å². The second-order valence-corrected chi connectivity index (χ2v) is 5.50. The molecule has 0 spiro atoms. The molecule has 2 rings (SSSR count). The van der Waals surface area contributed by atoms with Crippen molar-refractivity contribution >= 4 is 17.6 Å². The maximum atomic E-state index is 14.2. The lowest BCUT2D eigenvalue weighted by molar-refractivity contribution is -0.142. The van der Waals surface area contributed by atoms with Crippen molar-refractivity contribution in [1.29, 1.82) is 0 Å². The molecule has 0 heterocycles. The van der Waals surface area contributed by atoms with Crippen LogP contribution in [0.2, 0.25) is 0 Å². The van der Waals surface area contributed by atoms with Crippen molar-refractivity contribution in [3.8, 4) is 5.75 Å². The third kappa shape index (κ3) is 4.57. The van der Waals surface area contributed by atoms with Crippen molar-refractivity contribution in [3.05, 3.63) is 65.7 Å². The van der Waals surface area contributed by atoms with E-state index in [9.17, 15) is 9.18 Å². The van der Waals surface area contributed by atoms with Crippen LogP contribution in [-0.4, -0.2) is 11.1 Å². The predicted molar refractivity (Wildman–Crippen MR) is 81.3 cm³/mol. The molecule has 1 unspecified atom stereocenters. The van der Waals surface area contributed by atoms with Crippen LogP contribution in [0.25, 0.3) is 0 Å². The fraction of sp³-hybridized carbons (Fsp3) is 0.235. The van der Waals surface area contributed by atoms with Crippen LogP contribution in [0.4, 0.5) is 4.39 Å². The second-order valence-electron chi connectivity index (χ2n) is 4.90. The molecule has 1 atom stereocenters. The summed E-state index contributed by atoms with van der Waals surface area (Å²) < 4.78 is 19.2. The average molecular weight is 307 g/mol. The Morgan fingerprint density at radius 3 is 2.57 bits per heavy atom. The van der Waals surface area contributed by atoms with E-state index in [-0.39, 0.29) is 6.42 Å². The van der Waals surface area contributed by atoms with E-state index < -0.39 is 11.1 Å². The van der Waals surface area contributed by atoms with Gasteiger partial charge in [0.15, 0.2) is 0 Å². The maximum absolute atomic E-state index is 14.2. The van der Waals surface area contributed by atoms with Crippen LogP contribution in [0.5, 0.6) is 5.75 Å². The third-order valence-electron chi connectivity index (χ3n) is 3.07. The number of hydrogen-bond acceptors (Lipinski definition) is 2. The molecule has 4 heteroatoms. The van der Waals surface area contributed by atoms with Crippen LogP contribution in [0.3, 0.4) is 0 Å². The first kappa shape index (κ1) is 15.5. The van der Waals surface area contributed by atoms with E-state index in [0.29, 0.717) is 12.2 Å². The summed E-state index contributed by atoms with van der Waals surface area (Å²) in [5, 5.41) is -2.53. The van der Waals surface area contributed by atoms with Crippen molar-refractivity contribution in [2.24, 2.45) is 0 Å². The molecule has 0 aliphatic heterocycles. The lowest BCUT2D eigenvalue weighted by Crippen LogP contribution is -2.32. The highest BCUT2D eigenvalue weighted by molar-refractivity contribution is 6.32. The van der Waals surface area contributed by atoms with Crippen LogP contribution >= 0.6 is 11.6 Å². The van der Waals surface area contributed by atoms with Crippen molar-refractivity contribution < 1.29 is 13.9 Å². The van der Waals surface area contributed by atoms with Gasteiger partial charge >= 0.3 is 5.97 Å². The van der Waals surface area contributed by atoms with Gasteiger partial charge in [-0.2, -0.15) is 0 Å². The van der Waals surface area contributed by atoms with E-state index in [1.807, 2.05) is 43.3 Å². The number of carbonyl (C=O) groups excluding carboxylic acids is 1. The molecule has 2 nitrogen and oxygen atoms in total. The monoisotopic (exact) mass is 306 g/mol. The van der Waals surface area contributed by atoms with Crippen LogP contribution < -0.4 is 4.74 Å². The molecule has 0 amide bonds. The Bertz CT molecular complexity index is 611. The van der Waals surface area contributed by atoms with Gasteiger partial charge in [-0.25, -0.2) is 9.18 Å². The molecule has 0 bridgehead atoms. The second kappa shape index (κ2) is 6.72. The van der Waals surface area contributed by atoms with Gasteiger partial charge in [-0.15, -0.1) is 0 Å². The van der Waals surface area contributed by atoms with E-state index in [0.717, 1.165) is 11.1 Å². The molecule has 21 heavy (non-hydrogen) atoms. The summed E-state index contributed by atoms with van der Waals surface area (Å²) in [6.45, 7) is 1.86. The Labute approximate surface area is 128 Å². The van der Waals surface area contributed by atoms with Gasteiger partial charge in [0.25, 0.3) is 5.13 Å². The number of esters is 1. The third-order valence-corrected chi connectivity index (χ3v) is 3.41. The summed E-state index contributed by atoms with van der Waals surface area (Å²) in [7, 11) is 0. The molecule has 0 saturated heterocycles. The first-order valence-corrected chi connectivity index (χ1v) is 7.06. The summed E-state index contributed by atoms with van der Waals surface area (Å²) in [4.78, 5) is 11.8. The van der Waals surface area contributed by atoms with Gasteiger partial charge in [-0.1, -0.05) is 54.1 Å². The number of hydrogen-bond donors (Lipinski definition) is 0. The summed E-state index contributed by atoms with van der Waals surface area (Å²) in [5.74, 6) is -0.784. The van der Waals surface area contributed by atoms with Crippen LogP contribution in [-0.2, 0) is 11.2 Å². The van der Waals surface area contributed by atoms with E-state index in [4.69, 9.17) is 16.3 Å². The number of benzene rings is 2. The molecule has 0 fully saturated rings. The largest absolute Gasteiger partial charge is 0.423 e. The van der Waals surface area contributed by atoms with Crippen molar-refractivity contribution in [3.63, 3.8) is 0 Å². The molecular formula is C17H16ClFO2. The molecule has 0 aliphatic carbocycles. The first-order valence-electron chi connectivity index (χ1n) is 6.68. The molecule has 0 saturated carbocycles. The Morgan fingerprint density at radius 1 is 1.19 bits per heavy atom. The zero-order chi connectivity index (χ0) is 15.3. The highest BCUT2D eigenvalue weighted by atomic mass is 35.5. The quantitative estimate of drug-likeness (QED) is 0.464. The molecule has 2 aromatic carbocycles. The molecule has 0 aromatic heterocycles. The topological polar surface area (TPSA) is 26.3 Å². The molecule has 110 valence electrons. The molecule has 0 radical (unpaired) electrons. The van der Waals surface area contributed by atoms with Crippen molar-refractivity contribution in [2.45, 2.75) is 24.9 Å². The maximum Gasteiger partial charge on any atom is 0.365 e. The normalized spacial score (nSPS) is 13.5. The molecular weight excluding hydrogens is 291 g/mol. The minimum atomic E-state index is -2.53. The minimum absolute atomic E-state index is 0.136. The molecule has 0 aliphatic rings. The van der Waals surface area contributed by atoms with Crippen LogP contribution in [0, 0.1) is 6.92 Å². The van der Waals surface area contributed by atoms with E-state index in [1.165, 1.54) is 0 Å². The number of rotatable bonds is 5. The fourth-order valence-corrected chi connectivity index (χ4v) is 2.04. The Balaban J connectivity index is 1.96. The van der Waals surface area contributed by atoms with Gasteiger partial charge in [0.1, 0.15) is 5.75 Å². The van der Waals surface area contributed by atoms with Gasteiger partial charge in [-0.05, 0) is 36.6 Å². The minimum Gasteiger partial charge on any atom is -0.423 e. The lowest BCUT2D eigenvalue weighted by atomic mass is 10.1. The molecule has 0 N–H and O–H groups in total. The predicted octanol–water partition coefficient (Wildman–Crippen LogP) is 4.44. The Morgan fingerprint density at radius 2 is 1.90 bits per heavy atom. The Hall–Kier alpha value is -1.87. The number of aryl methyl sites for hydroxylation is 2. The van der Waals surface area contributed by atoms with Crippen LogP contribution in [0.15, 0.2) is 54.6 Å². The highest BCUT2D eigenvalue weighted by Gasteiger charge is 2.38. The first-order chi connectivity index (χ1) is 9.97. The fourth-order valence-electron chi connectivity index (χ4n) is 1.91.